The Kier molecular flexibility index (Phi) is 5.37. The van der Waals surface area contributed by atoms with Gasteiger partial charge < -0.3 is 10.4 Å². The van der Waals surface area contributed by atoms with Crippen molar-refractivity contribution in [3.05, 3.63) is 83.4 Å². The second-order valence-corrected chi connectivity index (χ2v) is 8.16. The molecule has 0 atom stereocenters. The molecule has 0 saturated carbocycles. The molecule has 0 unspecified atom stereocenters. The van der Waals surface area contributed by atoms with Crippen LogP contribution in [0.3, 0.4) is 0 Å². The number of hydrogen-bond acceptors (Lipinski definition) is 4. The lowest BCUT2D eigenvalue weighted by Gasteiger charge is -2.11. The molecular formula is C21H20N2O4S. The van der Waals surface area contributed by atoms with Gasteiger partial charge >= 0.3 is 0 Å². The van der Waals surface area contributed by atoms with Gasteiger partial charge in [-0.05, 0) is 61.9 Å². The SMILES string of the molecule is Cc1ccc(NS(=O)(=O)c2cccc(C(=O)Nc3ccc(C)cc3O)c2)cc1. The highest BCUT2D eigenvalue weighted by atomic mass is 32.2. The maximum atomic E-state index is 12.6. The van der Waals surface area contributed by atoms with E-state index < -0.39 is 15.9 Å². The zero-order valence-electron chi connectivity index (χ0n) is 15.4. The minimum atomic E-state index is -3.85. The molecule has 3 aromatic carbocycles. The lowest BCUT2D eigenvalue weighted by atomic mass is 10.2. The molecule has 0 saturated heterocycles. The number of anilines is 2. The Labute approximate surface area is 163 Å². The summed E-state index contributed by atoms with van der Waals surface area (Å²) in [5.41, 5.74) is 2.71. The smallest absolute Gasteiger partial charge is 0.261 e. The van der Waals surface area contributed by atoms with Gasteiger partial charge in [-0.1, -0.05) is 29.8 Å². The molecule has 3 aromatic rings. The van der Waals surface area contributed by atoms with Crippen molar-refractivity contribution in [1.82, 2.24) is 0 Å². The van der Waals surface area contributed by atoms with Gasteiger partial charge in [-0.25, -0.2) is 8.42 Å². The lowest BCUT2D eigenvalue weighted by Crippen LogP contribution is -2.16. The van der Waals surface area contributed by atoms with Gasteiger partial charge in [0.05, 0.1) is 10.6 Å². The molecule has 28 heavy (non-hydrogen) atoms. The second kappa shape index (κ2) is 7.74. The summed E-state index contributed by atoms with van der Waals surface area (Å²) in [6.45, 7) is 3.73. The summed E-state index contributed by atoms with van der Waals surface area (Å²) in [6.07, 6.45) is 0. The quantitative estimate of drug-likeness (QED) is 0.567. The second-order valence-electron chi connectivity index (χ2n) is 6.47. The van der Waals surface area contributed by atoms with Crippen LogP contribution in [0, 0.1) is 13.8 Å². The van der Waals surface area contributed by atoms with Crippen LogP contribution in [0.2, 0.25) is 0 Å². The van der Waals surface area contributed by atoms with Crippen LogP contribution in [-0.4, -0.2) is 19.4 Å². The summed E-state index contributed by atoms with van der Waals surface area (Å²) in [5.74, 6) is -0.579. The third-order valence-corrected chi connectivity index (χ3v) is 5.49. The van der Waals surface area contributed by atoms with Crippen LogP contribution < -0.4 is 10.0 Å². The van der Waals surface area contributed by atoms with E-state index in [2.05, 4.69) is 10.0 Å². The van der Waals surface area contributed by atoms with Gasteiger partial charge in [-0.2, -0.15) is 0 Å². The summed E-state index contributed by atoms with van der Waals surface area (Å²) in [5, 5.41) is 12.5. The third kappa shape index (κ3) is 4.50. The maximum absolute atomic E-state index is 12.6. The van der Waals surface area contributed by atoms with E-state index in [1.165, 1.54) is 30.3 Å². The Balaban J connectivity index is 1.82. The van der Waals surface area contributed by atoms with Gasteiger partial charge in [0, 0.05) is 11.3 Å². The van der Waals surface area contributed by atoms with E-state index >= 15 is 0 Å². The van der Waals surface area contributed by atoms with Crippen LogP contribution in [0.15, 0.2) is 71.6 Å². The number of aromatic hydroxyl groups is 1. The normalized spacial score (nSPS) is 11.1. The Bertz CT molecular complexity index is 1120. The van der Waals surface area contributed by atoms with Gasteiger partial charge in [0.25, 0.3) is 15.9 Å². The van der Waals surface area contributed by atoms with E-state index in [4.69, 9.17) is 0 Å². The molecule has 1 amide bonds. The molecule has 3 N–H and O–H groups in total. The Morgan fingerprint density at radius 2 is 1.57 bits per heavy atom. The van der Waals surface area contributed by atoms with Crippen molar-refractivity contribution in [2.45, 2.75) is 18.7 Å². The third-order valence-electron chi connectivity index (χ3n) is 4.11. The zero-order valence-corrected chi connectivity index (χ0v) is 16.2. The van der Waals surface area contributed by atoms with Crippen LogP contribution >= 0.6 is 0 Å². The van der Waals surface area contributed by atoms with Crippen molar-refractivity contribution in [3.63, 3.8) is 0 Å². The Morgan fingerprint density at radius 1 is 0.893 bits per heavy atom. The minimum Gasteiger partial charge on any atom is -0.506 e. The Hall–Kier alpha value is -3.32. The predicted molar refractivity (Wildman–Crippen MR) is 109 cm³/mol. The van der Waals surface area contributed by atoms with E-state index in [1.54, 1.807) is 36.4 Å². The number of sulfonamides is 1. The average molecular weight is 396 g/mol. The topological polar surface area (TPSA) is 95.5 Å². The monoisotopic (exact) mass is 396 g/mol. The fourth-order valence-corrected chi connectivity index (χ4v) is 3.69. The number of nitrogens with one attached hydrogen (secondary N) is 2. The molecule has 0 aromatic heterocycles. The van der Waals surface area contributed by atoms with Crippen molar-refractivity contribution in [2.75, 3.05) is 10.0 Å². The van der Waals surface area contributed by atoms with E-state index in [-0.39, 0.29) is 21.9 Å². The predicted octanol–water partition coefficient (Wildman–Crippen LogP) is 4.06. The molecule has 6 nitrogen and oxygen atoms in total. The minimum absolute atomic E-state index is 0.0335. The molecule has 3 rings (SSSR count). The first kappa shape index (κ1) is 19.4. The molecule has 0 fully saturated rings. The molecular weight excluding hydrogens is 376 g/mol. The van der Waals surface area contributed by atoms with Gasteiger partial charge in [-0.15, -0.1) is 0 Å². The number of carbonyl (C=O) groups is 1. The number of rotatable bonds is 5. The molecule has 7 heteroatoms. The first-order valence-corrected chi connectivity index (χ1v) is 10.0. The molecule has 144 valence electrons. The highest BCUT2D eigenvalue weighted by molar-refractivity contribution is 7.92. The van der Waals surface area contributed by atoms with Gasteiger partial charge in [0.1, 0.15) is 5.75 Å². The summed E-state index contributed by atoms with van der Waals surface area (Å²) in [7, 11) is -3.85. The average Bonchev–Trinajstić information content (AvgIpc) is 2.66. The van der Waals surface area contributed by atoms with Crippen molar-refractivity contribution in [3.8, 4) is 5.75 Å². The number of hydrogen-bond donors (Lipinski definition) is 3. The largest absolute Gasteiger partial charge is 0.506 e. The number of carbonyl (C=O) groups excluding carboxylic acids is 1. The fraction of sp³-hybridized carbons (Fsp3) is 0.0952. The van der Waals surface area contributed by atoms with Crippen molar-refractivity contribution in [2.24, 2.45) is 0 Å². The Morgan fingerprint density at radius 3 is 2.25 bits per heavy atom. The van der Waals surface area contributed by atoms with E-state index in [1.807, 2.05) is 13.8 Å². The molecule has 0 radical (unpaired) electrons. The van der Waals surface area contributed by atoms with Gasteiger partial charge in [0.15, 0.2) is 0 Å². The lowest BCUT2D eigenvalue weighted by molar-refractivity contribution is 0.102. The van der Waals surface area contributed by atoms with Crippen LogP contribution in [-0.2, 0) is 10.0 Å². The van der Waals surface area contributed by atoms with E-state index in [0.29, 0.717) is 5.69 Å². The molecule has 0 spiro atoms. The first-order valence-electron chi connectivity index (χ1n) is 8.55. The van der Waals surface area contributed by atoms with Crippen LogP contribution in [0.25, 0.3) is 0 Å². The highest BCUT2D eigenvalue weighted by Gasteiger charge is 2.17. The summed E-state index contributed by atoms with van der Waals surface area (Å²) >= 11 is 0. The van der Waals surface area contributed by atoms with Crippen molar-refractivity contribution < 1.29 is 18.3 Å². The van der Waals surface area contributed by atoms with Crippen LogP contribution in [0.1, 0.15) is 21.5 Å². The van der Waals surface area contributed by atoms with Crippen LogP contribution in [0.4, 0.5) is 11.4 Å². The van der Waals surface area contributed by atoms with Crippen molar-refractivity contribution in [1.29, 1.82) is 0 Å². The van der Waals surface area contributed by atoms with Crippen molar-refractivity contribution >= 4 is 27.3 Å². The highest BCUT2D eigenvalue weighted by Crippen LogP contribution is 2.25. The fourth-order valence-electron chi connectivity index (χ4n) is 2.58. The molecule has 0 aliphatic rings. The summed E-state index contributed by atoms with van der Waals surface area (Å²) in [6, 6.07) is 17.5. The first-order chi connectivity index (χ1) is 13.2. The number of aryl methyl sites for hydroxylation is 2. The summed E-state index contributed by atoms with van der Waals surface area (Å²) < 4.78 is 27.8. The zero-order chi connectivity index (χ0) is 20.3. The molecule has 0 aliphatic carbocycles. The number of phenolic OH excluding ortho intramolecular Hbond substituents is 1. The maximum Gasteiger partial charge on any atom is 0.261 e. The molecule has 0 aliphatic heterocycles. The number of benzene rings is 3. The van der Waals surface area contributed by atoms with E-state index in [9.17, 15) is 18.3 Å². The summed E-state index contributed by atoms with van der Waals surface area (Å²) in [4.78, 5) is 12.5. The molecule has 0 heterocycles. The van der Waals surface area contributed by atoms with Crippen LogP contribution in [0.5, 0.6) is 5.75 Å². The standard InChI is InChI=1S/C21H20N2O4S/c1-14-6-9-17(10-7-14)23-28(26,27)18-5-3-4-16(13-18)21(25)22-19-11-8-15(2)12-20(19)24/h3-13,23-24H,1-2H3,(H,22,25). The van der Waals surface area contributed by atoms with Gasteiger partial charge in [0.2, 0.25) is 0 Å². The number of amides is 1. The van der Waals surface area contributed by atoms with E-state index in [0.717, 1.165) is 11.1 Å². The number of phenols is 1. The molecule has 0 bridgehead atoms. The van der Waals surface area contributed by atoms with Gasteiger partial charge in [-0.3, -0.25) is 9.52 Å².